The van der Waals surface area contributed by atoms with Crippen molar-refractivity contribution in [3.8, 4) is 0 Å². The van der Waals surface area contributed by atoms with Gasteiger partial charge in [-0.25, -0.2) is 13.4 Å². The van der Waals surface area contributed by atoms with Gasteiger partial charge in [0.25, 0.3) is 0 Å². The largest absolute Gasteiger partial charge is 0.330 e. The molecule has 0 aliphatic heterocycles. The molecule has 108 valence electrons. The van der Waals surface area contributed by atoms with Gasteiger partial charge in [0.2, 0.25) is 10.0 Å². The van der Waals surface area contributed by atoms with E-state index in [9.17, 15) is 8.42 Å². The highest BCUT2D eigenvalue weighted by Crippen LogP contribution is 2.17. The molecule has 0 saturated heterocycles. The van der Waals surface area contributed by atoms with Gasteiger partial charge < -0.3 is 5.73 Å². The van der Waals surface area contributed by atoms with E-state index in [1.54, 1.807) is 36.8 Å². The molecule has 0 aliphatic rings. The molecule has 1 aromatic heterocycles. The highest BCUT2D eigenvalue weighted by Gasteiger charge is 2.21. The average molecular weight is 311 g/mol. The van der Waals surface area contributed by atoms with Crippen LogP contribution in [0.1, 0.15) is 11.3 Å². The van der Waals surface area contributed by atoms with Crippen LogP contribution in [0.15, 0.2) is 40.1 Å². The lowest BCUT2D eigenvalue weighted by molar-refractivity contribution is 0.463. The Balaban J connectivity index is 2.16. The monoisotopic (exact) mass is 311 g/mol. The molecule has 7 heteroatoms. The molecule has 2 rings (SSSR count). The van der Waals surface area contributed by atoms with Crippen molar-refractivity contribution in [3.05, 3.63) is 46.4 Å². The number of thiazole rings is 1. The molecule has 0 unspecified atom stereocenters. The number of rotatable bonds is 6. The third-order valence-electron chi connectivity index (χ3n) is 2.93. The predicted octanol–water partition coefficient (Wildman–Crippen LogP) is 1.47. The van der Waals surface area contributed by atoms with E-state index in [0.29, 0.717) is 6.54 Å². The Labute approximate surface area is 123 Å². The van der Waals surface area contributed by atoms with E-state index in [1.165, 1.54) is 15.6 Å². The highest BCUT2D eigenvalue weighted by atomic mass is 32.2. The molecule has 20 heavy (non-hydrogen) atoms. The van der Waals surface area contributed by atoms with Crippen molar-refractivity contribution < 1.29 is 8.42 Å². The van der Waals surface area contributed by atoms with Crippen molar-refractivity contribution in [2.45, 2.75) is 17.9 Å². The minimum Gasteiger partial charge on any atom is -0.330 e. The summed E-state index contributed by atoms with van der Waals surface area (Å²) in [6.45, 7) is 0.826. The van der Waals surface area contributed by atoms with E-state index < -0.39 is 10.0 Å². The van der Waals surface area contributed by atoms with E-state index in [2.05, 4.69) is 4.98 Å². The fourth-order valence-electron chi connectivity index (χ4n) is 1.80. The van der Waals surface area contributed by atoms with E-state index in [0.717, 1.165) is 17.7 Å². The Morgan fingerprint density at radius 3 is 2.55 bits per heavy atom. The van der Waals surface area contributed by atoms with Crippen molar-refractivity contribution in [3.63, 3.8) is 0 Å². The van der Waals surface area contributed by atoms with Crippen LogP contribution >= 0.6 is 11.3 Å². The van der Waals surface area contributed by atoms with Crippen LogP contribution in [0.4, 0.5) is 0 Å². The molecular formula is C13H17N3O2S2. The fourth-order valence-corrected chi connectivity index (χ4v) is 3.50. The lowest BCUT2D eigenvalue weighted by atomic mass is 10.2. The standard InChI is InChI=1S/C13H17N3O2S2/c1-16(8-12-9-19-10-15-12)20(17,18)13-4-2-11(3-5-13)6-7-14/h2-5,9-10H,6-8,14H2,1H3. The maximum absolute atomic E-state index is 12.4. The maximum atomic E-state index is 12.4. The summed E-state index contributed by atoms with van der Waals surface area (Å²) in [5.74, 6) is 0. The minimum absolute atomic E-state index is 0.274. The van der Waals surface area contributed by atoms with Gasteiger partial charge in [-0.15, -0.1) is 11.3 Å². The number of nitrogens with two attached hydrogens (primary N) is 1. The van der Waals surface area contributed by atoms with Gasteiger partial charge in [0.15, 0.2) is 0 Å². The summed E-state index contributed by atoms with van der Waals surface area (Å²) in [7, 11) is -1.92. The SMILES string of the molecule is CN(Cc1cscn1)S(=O)(=O)c1ccc(CCN)cc1. The highest BCUT2D eigenvalue weighted by molar-refractivity contribution is 7.89. The molecule has 0 radical (unpaired) electrons. The third-order valence-corrected chi connectivity index (χ3v) is 5.39. The maximum Gasteiger partial charge on any atom is 0.243 e. The molecule has 2 N–H and O–H groups in total. The first kappa shape index (κ1) is 15.1. The summed E-state index contributed by atoms with van der Waals surface area (Å²) in [4.78, 5) is 4.39. The molecule has 0 saturated carbocycles. The van der Waals surface area contributed by atoms with E-state index in [1.807, 2.05) is 5.38 Å². The van der Waals surface area contributed by atoms with Crippen LogP contribution < -0.4 is 5.73 Å². The van der Waals surface area contributed by atoms with Crippen molar-refractivity contribution in [2.75, 3.05) is 13.6 Å². The van der Waals surface area contributed by atoms with Gasteiger partial charge in [0.05, 0.1) is 22.6 Å². The van der Waals surface area contributed by atoms with Crippen LogP contribution in [0.3, 0.4) is 0 Å². The van der Waals surface area contributed by atoms with Crippen LogP contribution in [-0.4, -0.2) is 31.3 Å². The average Bonchev–Trinajstić information content (AvgIpc) is 2.92. The number of hydrogen-bond donors (Lipinski definition) is 1. The second kappa shape index (κ2) is 6.45. The van der Waals surface area contributed by atoms with Crippen molar-refractivity contribution in [1.29, 1.82) is 0 Å². The third kappa shape index (κ3) is 3.43. The van der Waals surface area contributed by atoms with Crippen molar-refractivity contribution in [2.24, 2.45) is 5.73 Å². The molecule has 0 atom stereocenters. The molecule has 0 fully saturated rings. The minimum atomic E-state index is -3.48. The Bertz CT molecular complexity index is 637. The quantitative estimate of drug-likeness (QED) is 0.876. The predicted molar refractivity (Wildman–Crippen MR) is 80.0 cm³/mol. The summed E-state index contributed by atoms with van der Waals surface area (Å²) in [5, 5.41) is 1.84. The molecule has 5 nitrogen and oxygen atoms in total. The molecule has 0 spiro atoms. The van der Waals surface area contributed by atoms with Crippen LogP contribution in [0.5, 0.6) is 0 Å². The summed E-state index contributed by atoms with van der Waals surface area (Å²) >= 11 is 1.45. The van der Waals surface area contributed by atoms with Crippen LogP contribution in [0.2, 0.25) is 0 Å². The fraction of sp³-hybridized carbons (Fsp3) is 0.308. The Hall–Kier alpha value is -1.28. The molecule has 1 aromatic carbocycles. The number of benzene rings is 1. The summed E-state index contributed by atoms with van der Waals surface area (Å²) in [6, 6.07) is 6.85. The zero-order valence-corrected chi connectivity index (χ0v) is 12.8. The van der Waals surface area contributed by atoms with E-state index in [-0.39, 0.29) is 11.4 Å². The topological polar surface area (TPSA) is 76.3 Å². The molecule has 0 aliphatic carbocycles. The zero-order valence-electron chi connectivity index (χ0n) is 11.2. The summed E-state index contributed by atoms with van der Waals surface area (Å²) in [6.07, 6.45) is 0.745. The molecule has 1 heterocycles. The van der Waals surface area contributed by atoms with Gasteiger partial charge in [-0.2, -0.15) is 4.31 Å². The number of hydrogen-bond acceptors (Lipinski definition) is 5. The molecule has 0 bridgehead atoms. The van der Waals surface area contributed by atoms with Gasteiger partial charge >= 0.3 is 0 Å². The van der Waals surface area contributed by atoms with Gasteiger partial charge in [0, 0.05) is 12.4 Å². The number of nitrogens with zero attached hydrogens (tertiary/aromatic N) is 2. The normalized spacial score (nSPS) is 11.9. The van der Waals surface area contributed by atoms with Crippen molar-refractivity contribution in [1.82, 2.24) is 9.29 Å². The molecule has 0 amide bonds. The van der Waals surface area contributed by atoms with Gasteiger partial charge in [-0.3, -0.25) is 0 Å². The first-order valence-electron chi connectivity index (χ1n) is 6.16. The Kier molecular flexibility index (Phi) is 4.87. The van der Waals surface area contributed by atoms with E-state index >= 15 is 0 Å². The van der Waals surface area contributed by atoms with Crippen LogP contribution in [0, 0.1) is 0 Å². The lowest BCUT2D eigenvalue weighted by Gasteiger charge is -2.16. The number of aromatic nitrogens is 1. The van der Waals surface area contributed by atoms with E-state index in [4.69, 9.17) is 5.73 Å². The summed E-state index contributed by atoms with van der Waals surface area (Å²) in [5.41, 5.74) is 8.95. The first-order chi connectivity index (χ1) is 9.54. The first-order valence-corrected chi connectivity index (χ1v) is 8.54. The Morgan fingerprint density at radius 2 is 2.00 bits per heavy atom. The van der Waals surface area contributed by atoms with Gasteiger partial charge in [0.1, 0.15) is 0 Å². The van der Waals surface area contributed by atoms with Crippen LogP contribution in [-0.2, 0) is 23.0 Å². The Morgan fingerprint density at radius 1 is 1.30 bits per heavy atom. The van der Waals surface area contributed by atoms with Crippen LogP contribution in [0.25, 0.3) is 0 Å². The second-order valence-electron chi connectivity index (χ2n) is 4.42. The number of sulfonamides is 1. The lowest BCUT2D eigenvalue weighted by Crippen LogP contribution is -2.26. The molecular weight excluding hydrogens is 294 g/mol. The summed E-state index contributed by atoms with van der Waals surface area (Å²) < 4.78 is 26.1. The smallest absolute Gasteiger partial charge is 0.243 e. The zero-order chi connectivity index (χ0) is 14.6. The van der Waals surface area contributed by atoms with Crippen molar-refractivity contribution >= 4 is 21.4 Å². The van der Waals surface area contributed by atoms with Gasteiger partial charge in [-0.1, -0.05) is 12.1 Å². The molecule has 2 aromatic rings. The second-order valence-corrected chi connectivity index (χ2v) is 7.19. The van der Waals surface area contributed by atoms with Gasteiger partial charge in [-0.05, 0) is 30.7 Å².